The number of nitrogens with one attached hydrogen (secondary N) is 1. The van der Waals surface area contributed by atoms with Crippen LogP contribution in [-0.4, -0.2) is 33.2 Å². The number of amides is 1. The predicted molar refractivity (Wildman–Crippen MR) is 109 cm³/mol. The molecule has 1 heterocycles. The molecule has 2 aromatic carbocycles. The summed E-state index contributed by atoms with van der Waals surface area (Å²) >= 11 is 0. The zero-order chi connectivity index (χ0) is 19.3. The molecule has 0 aromatic heterocycles. The zero-order valence-electron chi connectivity index (χ0n) is 15.6. The quantitative estimate of drug-likeness (QED) is 0.775. The van der Waals surface area contributed by atoms with Crippen molar-refractivity contribution in [3.63, 3.8) is 0 Å². The standard InChI is InChI=1S/C21H26N2O3S/c1-17-7-4-8-18(15-17)9-6-12-22-21(24)19-10-5-11-20(16-19)23-13-2-3-14-27(23,25)26/h4-5,7-8,10-11,15-16H,2-3,6,9,12-14H2,1H3,(H,22,24). The Morgan fingerprint density at radius 1 is 1.11 bits per heavy atom. The smallest absolute Gasteiger partial charge is 0.251 e. The van der Waals surface area contributed by atoms with Crippen molar-refractivity contribution in [3.8, 4) is 0 Å². The lowest BCUT2D eigenvalue weighted by Crippen LogP contribution is -2.38. The normalized spacial score (nSPS) is 16.1. The molecule has 1 amide bonds. The molecule has 0 aliphatic carbocycles. The summed E-state index contributed by atoms with van der Waals surface area (Å²) in [5, 5.41) is 2.93. The first-order chi connectivity index (χ1) is 13.0. The second-order valence-electron chi connectivity index (χ2n) is 6.99. The molecule has 0 atom stereocenters. The van der Waals surface area contributed by atoms with E-state index in [0.29, 0.717) is 30.8 Å². The molecule has 144 valence electrons. The molecular formula is C21H26N2O3S. The largest absolute Gasteiger partial charge is 0.352 e. The van der Waals surface area contributed by atoms with Gasteiger partial charge in [-0.25, -0.2) is 8.42 Å². The van der Waals surface area contributed by atoms with E-state index in [9.17, 15) is 13.2 Å². The lowest BCUT2D eigenvalue weighted by Gasteiger charge is -2.28. The molecule has 0 saturated carbocycles. The van der Waals surface area contributed by atoms with Crippen LogP contribution in [0.3, 0.4) is 0 Å². The van der Waals surface area contributed by atoms with Gasteiger partial charge in [-0.2, -0.15) is 0 Å². The number of benzene rings is 2. The number of anilines is 1. The molecule has 3 rings (SSSR count). The van der Waals surface area contributed by atoms with E-state index >= 15 is 0 Å². The highest BCUT2D eigenvalue weighted by atomic mass is 32.2. The van der Waals surface area contributed by atoms with Gasteiger partial charge in [-0.3, -0.25) is 9.10 Å². The highest BCUT2D eigenvalue weighted by molar-refractivity contribution is 7.92. The van der Waals surface area contributed by atoms with Gasteiger partial charge in [0.2, 0.25) is 10.0 Å². The van der Waals surface area contributed by atoms with E-state index in [2.05, 4.69) is 30.4 Å². The molecule has 2 aromatic rings. The fourth-order valence-electron chi connectivity index (χ4n) is 3.35. The minimum atomic E-state index is -3.27. The molecule has 0 spiro atoms. The highest BCUT2D eigenvalue weighted by Gasteiger charge is 2.26. The number of rotatable bonds is 6. The fraction of sp³-hybridized carbons (Fsp3) is 0.381. The average Bonchev–Trinajstić information content (AvgIpc) is 2.65. The SMILES string of the molecule is Cc1cccc(CCCNC(=O)c2cccc(N3CCCCS3(=O)=O)c2)c1. The van der Waals surface area contributed by atoms with Crippen LogP contribution in [0.4, 0.5) is 5.69 Å². The van der Waals surface area contributed by atoms with E-state index in [1.807, 2.05) is 6.07 Å². The summed E-state index contributed by atoms with van der Waals surface area (Å²) in [5.41, 5.74) is 3.56. The number of nitrogens with zero attached hydrogens (tertiary/aromatic N) is 1. The molecule has 6 heteroatoms. The van der Waals surface area contributed by atoms with Crippen molar-refractivity contribution >= 4 is 21.6 Å². The first kappa shape index (κ1) is 19.4. The minimum Gasteiger partial charge on any atom is -0.352 e. The number of aryl methyl sites for hydroxylation is 2. The number of sulfonamides is 1. The van der Waals surface area contributed by atoms with Crippen molar-refractivity contribution in [2.45, 2.75) is 32.6 Å². The van der Waals surface area contributed by atoms with Crippen molar-refractivity contribution in [1.82, 2.24) is 5.32 Å². The van der Waals surface area contributed by atoms with E-state index in [4.69, 9.17) is 0 Å². The van der Waals surface area contributed by atoms with Gasteiger partial charge >= 0.3 is 0 Å². The Morgan fingerprint density at radius 2 is 1.93 bits per heavy atom. The van der Waals surface area contributed by atoms with Crippen LogP contribution in [0.2, 0.25) is 0 Å². The van der Waals surface area contributed by atoms with Crippen molar-refractivity contribution in [1.29, 1.82) is 0 Å². The van der Waals surface area contributed by atoms with Gasteiger partial charge in [-0.1, -0.05) is 35.9 Å². The van der Waals surface area contributed by atoms with Gasteiger partial charge in [0.05, 0.1) is 11.4 Å². The van der Waals surface area contributed by atoms with Gasteiger partial charge in [0.15, 0.2) is 0 Å². The van der Waals surface area contributed by atoms with Crippen molar-refractivity contribution in [2.24, 2.45) is 0 Å². The molecule has 1 fully saturated rings. The maximum atomic E-state index is 12.4. The van der Waals surface area contributed by atoms with Crippen LogP contribution >= 0.6 is 0 Å². The first-order valence-corrected chi connectivity index (χ1v) is 11.0. The van der Waals surface area contributed by atoms with Crippen LogP contribution in [0.1, 0.15) is 40.7 Å². The van der Waals surface area contributed by atoms with Crippen molar-refractivity contribution in [2.75, 3.05) is 23.1 Å². The van der Waals surface area contributed by atoms with Crippen LogP contribution in [0, 0.1) is 6.92 Å². The minimum absolute atomic E-state index is 0.169. The summed E-state index contributed by atoms with van der Waals surface area (Å²) in [6.07, 6.45) is 3.30. The van der Waals surface area contributed by atoms with Crippen molar-refractivity contribution in [3.05, 3.63) is 65.2 Å². The van der Waals surface area contributed by atoms with Gasteiger partial charge in [0.1, 0.15) is 0 Å². The number of carbonyl (C=O) groups excluding carboxylic acids is 1. The third-order valence-corrected chi connectivity index (χ3v) is 6.63. The molecule has 5 nitrogen and oxygen atoms in total. The molecular weight excluding hydrogens is 360 g/mol. The summed E-state index contributed by atoms with van der Waals surface area (Å²) in [6, 6.07) is 15.2. The maximum Gasteiger partial charge on any atom is 0.251 e. The third kappa shape index (κ3) is 5.10. The van der Waals surface area contributed by atoms with Crippen LogP contribution in [0.15, 0.2) is 48.5 Å². The fourth-order valence-corrected chi connectivity index (χ4v) is 4.98. The van der Waals surface area contributed by atoms with Crippen LogP contribution in [0.5, 0.6) is 0 Å². The molecule has 1 N–H and O–H groups in total. The third-order valence-electron chi connectivity index (χ3n) is 4.76. The van der Waals surface area contributed by atoms with Gasteiger partial charge in [-0.05, 0) is 56.4 Å². The van der Waals surface area contributed by atoms with Crippen molar-refractivity contribution < 1.29 is 13.2 Å². The Bertz CT molecular complexity index is 909. The topological polar surface area (TPSA) is 66.5 Å². The van der Waals surface area contributed by atoms with Crippen LogP contribution in [0.25, 0.3) is 0 Å². The molecule has 0 unspecified atom stereocenters. The average molecular weight is 387 g/mol. The summed E-state index contributed by atoms with van der Waals surface area (Å²) in [7, 11) is -3.27. The maximum absolute atomic E-state index is 12.4. The lowest BCUT2D eigenvalue weighted by atomic mass is 10.1. The van der Waals surface area contributed by atoms with Gasteiger partial charge in [-0.15, -0.1) is 0 Å². The van der Waals surface area contributed by atoms with E-state index in [0.717, 1.165) is 19.3 Å². The number of hydrogen-bond acceptors (Lipinski definition) is 3. The summed E-state index contributed by atoms with van der Waals surface area (Å²) in [4.78, 5) is 12.4. The predicted octanol–water partition coefficient (Wildman–Crippen LogP) is 3.29. The first-order valence-electron chi connectivity index (χ1n) is 9.40. The summed E-state index contributed by atoms with van der Waals surface area (Å²) in [6.45, 7) is 3.13. The Balaban J connectivity index is 1.57. The molecule has 1 aliphatic heterocycles. The number of carbonyl (C=O) groups is 1. The second-order valence-corrected chi connectivity index (χ2v) is 9.01. The Labute approximate surface area is 161 Å². The molecule has 0 bridgehead atoms. The van der Waals surface area contributed by atoms with E-state index < -0.39 is 10.0 Å². The van der Waals surface area contributed by atoms with E-state index in [-0.39, 0.29) is 11.7 Å². The zero-order valence-corrected chi connectivity index (χ0v) is 16.5. The molecule has 27 heavy (non-hydrogen) atoms. The molecule has 1 aliphatic rings. The number of hydrogen-bond donors (Lipinski definition) is 1. The van der Waals surface area contributed by atoms with E-state index in [1.165, 1.54) is 15.4 Å². The summed E-state index contributed by atoms with van der Waals surface area (Å²) in [5.74, 6) is -0.00180. The lowest BCUT2D eigenvalue weighted by molar-refractivity contribution is 0.0953. The monoisotopic (exact) mass is 386 g/mol. The Kier molecular flexibility index (Phi) is 6.16. The highest BCUT2D eigenvalue weighted by Crippen LogP contribution is 2.24. The Hall–Kier alpha value is -2.34. The molecule has 0 radical (unpaired) electrons. The molecule has 1 saturated heterocycles. The summed E-state index contributed by atoms with van der Waals surface area (Å²) < 4.78 is 25.9. The van der Waals surface area contributed by atoms with Gasteiger partial charge in [0, 0.05) is 18.7 Å². The van der Waals surface area contributed by atoms with Crippen LogP contribution < -0.4 is 9.62 Å². The van der Waals surface area contributed by atoms with Gasteiger partial charge < -0.3 is 5.32 Å². The van der Waals surface area contributed by atoms with Crippen LogP contribution in [-0.2, 0) is 16.4 Å². The Morgan fingerprint density at radius 3 is 2.70 bits per heavy atom. The van der Waals surface area contributed by atoms with Gasteiger partial charge in [0.25, 0.3) is 5.91 Å². The second kappa shape index (κ2) is 8.57. The van der Waals surface area contributed by atoms with E-state index in [1.54, 1.807) is 24.3 Å².